The Labute approximate surface area is 157 Å². The third-order valence-electron chi connectivity index (χ3n) is 4.60. The van der Waals surface area contributed by atoms with E-state index in [2.05, 4.69) is 5.16 Å². The van der Waals surface area contributed by atoms with Gasteiger partial charge in [0.05, 0.1) is 27.0 Å². The highest BCUT2D eigenvalue weighted by Crippen LogP contribution is 2.41. The Bertz CT molecular complexity index is 854. The number of nitrogens with zero attached hydrogens (tertiary/aromatic N) is 1. The zero-order valence-electron chi connectivity index (χ0n) is 15.5. The molecule has 1 unspecified atom stereocenters. The lowest BCUT2D eigenvalue weighted by Crippen LogP contribution is -2.15. The van der Waals surface area contributed by atoms with Crippen LogP contribution >= 0.6 is 0 Å². The van der Waals surface area contributed by atoms with Crippen LogP contribution in [0.5, 0.6) is 28.7 Å². The predicted molar refractivity (Wildman–Crippen MR) is 98.5 cm³/mol. The van der Waals surface area contributed by atoms with E-state index in [9.17, 15) is 0 Å². The number of benzene rings is 2. The van der Waals surface area contributed by atoms with Gasteiger partial charge >= 0.3 is 0 Å². The average Bonchev–Trinajstić information content (AvgIpc) is 3.22. The van der Waals surface area contributed by atoms with Crippen LogP contribution in [0.2, 0.25) is 0 Å². The van der Waals surface area contributed by atoms with Gasteiger partial charge < -0.3 is 28.5 Å². The minimum absolute atomic E-state index is 0.185. The summed E-state index contributed by atoms with van der Waals surface area (Å²) in [5, 5.41) is 4.27. The number of rotatable bonds is 5. The Kier molecular flexibility index (Phi) is 4.66. The van der Waals surface area contributed by atoms with Crippen LogP contribution in [0.3, 0.4) is 0 Å². The zero-order chi connectivity index (χ0) is 18.8. The zero-order valence-corrected chi connectivity index (χ0v) is 15.5. The maximum absolute atomic E-state index is 5.68. The Hall–Kier alpha value is -3.09. The summed E-state index contributed by atoms with van der Waals surface area (Å²) in [5.41, 5.74) is 2.67. The molecule has 1 atom stereocenters. The standard InChI is InChI=1S/C20H21NO6/c1-22-18-9-13(10-19(23-2)20(18)24-3)14-11-16(27-21-14)12-4-5-15-17(8-12)26-7-6-25-15/h4-5,8-10,16H,6-7,11H2,1-3H3. The van der Waals surface area contributed by atoms with Gasteiger partial charge in [0.1, 0.15) is 13.2 Å². The number of fused-ring (bicyclic) bond motifs is 1. The van der Waals surface area contributed by atoms with Gasteiger partial charge in [-0.3, -0.25) is 0 Å². The Morgan fingerprint density at radius 2 is 1.59 bits per heavy atom. The molecule has 2 aliphatic heterocycles. The fraction of sp³-hybridized carbons (Fsp3) is 0.350. The topological polar surface area (TPSA) is 67.7 Å². The Morgan fingerprint density at radius 1 is 0.889 bits per heavy atom. The molecule has 0 aliphatic carbocycles. The molecular weight excluding hydrogens is 350 g/mol. The molecule has 4 rings (SSSR count). The van der Waals surface area contributed by atoms with Crippen LogP contribution in [0, 0.1) is 0 Å². The molecule has 0 bridgehead atoms. The first-order valence-corrected chi connectivity index (χ1v) is 8.66. The first kappa shape index (κ1) is 17.3. The third-order valence-corrected chi connectivity index (χ3v) is 4.60. The van der Waals surface area contributed by atoms with Gasteiger partial charge in [-0.1, -0.05) is 11.2 Å². The van der Waals surface area contributed by atoms with E-state index in [0.29, 0.717) is 36.9 Å². The van der Waals surface area contributed by atoms with Gasteiger partial charge in [-0.2, -0.15) is 0 Å². The van der Waals surface area contributed by atoms with E-state index in [1.54, 1.807) is 21.3 Å². The highest BCUT2D eigenvalue weighted by Gasteiger charge is 2.27. The fourth-order valence-electron chi connectivity index (χ4n) is 3.23. The molecule has 2 aliphatic rings. The van der Waals surface area contributed by atoms with E-state index in [1.807, 2.05) is 30.3 Å². The minimum atomic E-state index is -0.185. The number of ether oxygens (including phenoxy) is 5. The maximum atomic E-state index is 5.68. The summed E-state index contributed by atoms with van der Waals surface area (Å²) in [6, 6.07) is 9.58. The van der Waals surface area contributed by atoms with Crippen molar-refractivity contribution in [2.24, 2.45) is 5.16 Å². The van der Waals surface area contributed by atoms with Crippen LogP contribution < -0.4 is 23.7 Å². The molecule has 7 heteroatoms. The molecule has 0 saturated carbocycles. The molecule has 0 radical (unpaired) electrons. The molecule has 2 aromatic rings. The van der Waals surface area contributed by atoms with Crippen molar-refractivity contribution in [1.29, 1.82) is 0 Å². The molecule has 2 aromatic carbocycles. The van der Waals surface area contributed by atoms with Gasteiger partial charge in [0.25, 0.3) is 0 Å². The molecule has 0 N–H and O–H groups in total. The van der Waals surface area contributed by atoms with Crippen molar-refractivity contribution >= 4 is 5.71 Å². The van der Waals surface area contributed by atoms with Gasteiger partial charge in [-0.05, 0) is 29.8 Å². The lowest BCUT2D eigenvalue weighted by molar-refractivity contribution is 0.0850. The largest absolute Gasteiger partial charge is 0.493 e. The molecule has 142 valence electrons. The minimum Gasteiger partial charge on any atom is -0.493 e. The van der Waals surface area contributed by atoms with Gasteiger partial charge in [-0.15, -0.1) is 0 Å². The summed E-state index contributed by atoms with van der Waals surface area (Å²) in [4.78, 5) is 5.68. The van der Waals surface area contributed by atoms with Crippen molar-refractivity contribution in [1.82, 2.24) is 0 Å². The van der Waals surface area contributed by atoms with Crippen LogP contribution in [-0.4, -0.2) is 40.3 Å². The van der Waals surface area contributed by atoms with Crippen molar-refractivity contribution in [3.8, 4) is 28.7 Å². The van der Waals surface area contributed by atoms with Gasteiger partial charge in [0.15, 0.2) is 29.1 Å². The third kappa shape index (κ3) is 3.20. The molecule has 0 saturated heterocycles. The monoisotopic (exact) mass is 371 g/mol. The molecule has 0 spiro atoms. The van der Waals surface area contributed by atoms with E-state index in [-0.39, 0.29) is 6.10 Å². The lowest BCUT2D eigenvalue weighted by atomic mass is 9.99. The number of hydrogen-bond donors (Lipinski definition) is 0. The second-order valence-corrected chi connectivity index (χ2v) is 6.15. The van der Waals surface area contributed by atoms with Crippen LogP contribution in [0.1, 0.15) is 23.7 Å². The molecule has 0 fully saturated rings. The van der Waals surface area contributed by atoms with Gasteiger partial charge in [0.2, 0.25) is 5.75 Å². The SMILES string of the molecule is COc1cc(C2=NOC(c3ccc4c(c3)OCCO4)C2)cc(OC)c1OC. The molecule has 27 heavy (non-hydrogen) atoms. The van der Waals surface area contributed by atoms with E-state index in [1.165, 1.54) is 0 Å². The number of methoxy groups -OCH3 is 3. The lowest BCUT2D eigenvalue weighted by Gasteiger charge is -2.19. The van der Waals surface area contributed by atoms with Crippen molar-refractivity contribution in [3.05, 3.63) is 41.5 Å². The normalized spacial score (nSPS) is 17.7. The van der Waals surface area contributed by atoms with E-state index in [4.69, 9.17) is 28.5 Å². The van der Waals surface area contributed by atoms with Crippen LogP contribution in [0.4, 0.5) is 0 Å². The maximum Gasteiger partial charge on any atom is 0.203 e. The van der Waals surface area contributed by atoms with Crippen molar-refractivity contribution in [2.45, 2.75) is 12.5 Å². The highest BCUT2D eigenvalue weighted by atomic mass is 16.6. The fourth-order valence-corrected chi connectivity index (χ4v) is 3.23. The van der Waals surface area contributed by atoms with E-state index < -0.39 is 0 Å². The predicted octanol–water partition coefficient (Wildman–Crippen LogP) is 3.35. The van der Waals surface area contributed by atoms with E-state index in [0.717, 1.165) is 28.3 Å². The summed E-state index contributed by atoms with van der Waals surface area (Å²) in [7, 11) is 4.76. The number of hydrogen-bond acceptors (Lipinski definition) is 7. The van der Waals surface area contributed by atoms with Crippen molar-refractivity contribution in [3.63, 3.8) is 0 Å². The summed E-state index contributed by atoms with van der Waals surface area (Å²) >= 11 is 0. The summed E-state index contributed by atoms with van der Waals surface area (Å²) in [6.07, 6.45) is 0.438. The Balaban J connectivity index is 1.57. The average molecular weight is 371 g/mol. The second-order valence-electron chi connectivity index (χ2n) is 6.15. The smallest absolute Gasteiger partial charge is 0.203 e. The van der Waals surface area contributed by atoms with Gasteiger partial charge in [0, 0.05) is 12.0 Å². The van der Waals surface area contributed by atoms with Crippen LogP contribution in [-0.2, 0) is 4.84 Å². The van der Waals surface area contributed by atoms with Gasteiger partial charge in [-0.25, -0.2) is 0 Å². The summed E-state index contributed by atoms with van der Waals surface area (Å²) < 4.78 is 27.4. The molecule has 2 heterocycles. The van der Waals surface area contributed by atoms with Crippen LogP contribution in [0.25, 0.3) is 0 Å². The molecule has 0 amide bonds. The highest BCUT2D eigenvalue weighted by molar-refractivity contribution is 6.02. The molecule has 0 aromatic heterocycles. The number of oxime groups is 1. The van der Waals surface area contributed by atoms with Crippen molar-refractivity contribution in [2.75, 3.05) is 34.5 Å². The first-order chi connectivity index (χ1) is 13.2. The summed E-state index contributed by atoms with van der Waals surface area (Å²) in [6.45, 7) is 1.12. The quantitative estimate of drug-likeness (QED) is 0.803. The van der Waals surface area contributed by atoms with Crippen molar-refractivity contribution < 1.29 is 28.5 Å². The molecular formula is C20H21NO6. The first-order valence-electron chi connectivity index (χ1n) is 8.66. The summed E-state index contributed by atoms with van der Waals surface area (Å²) in [5.74, 6) is 3.21. The second kappa shape index (κ2) is 7.26. The Morgan fingerprint density at radius 3 is 2.26 bits per heavy atom. The molecule has 7 nitrogen and oxygen atoms in total. The van der Waals surface area contributed by atoms with Crippen LogP contribution in [0.15, 0.2) is 35.5 Å². The van der Waals surface area contributed by atoms with E-state index >= 15 is 0 Å².